The molecule has 2 aromatic carbocycles. The highest BCUT2D eigenvalue weighted by Gasteiger charge is 2.42. The number of thioether (sulfide) groups is 1. The van der Waals surface area contributed by atoms with E-state index >= 15 is 0 Å². The van der Waals surface area contributed by atoms with Gasteiger partial charge in [0.15, 0.2) is 0 Å². The first-order valence-corrected chi connectivity index (χ1v) is 12.5. The Bertz CT molecular complexity index is 991. The van der Waals surface area contributed by atoms with Crippen LogP contribution in [0.2, 0.25) is 0 Å². The number of likely N-dealkylation sites (tertiary alicyclic amines) is 1. The highest BCUT2D eigenvalue weighted by Crippen LogP contribution is 2.42. The molecule has 4 nitrogen and oxygen atoms in total. The minimum atomic E-state index is -4.31. The molecule has 0 aliphatic carbocycles. The van der Waals surface area contributed by atoms with Crippen LogP contribution < -0.4 is 4.90 Å². The van der Waals surface area contributed by atoms with Gasteiger partial charge in [0.1, 0.15) is 11.4 Å². The lowest BCUT2D eigenvalue weighted by atomic mass is 9.95. The van der Waals surface area contributed by atoms with Crippen LogP contribution >= 0.6 is 11.8 Å². The Kier molecular flexibility index (Phi) is 5.85. The summed E-state index contributed by atoms with van der Waals surface area (Å²) in [4.78, 5) is 4.32. The normalized spacial score (nSPS) is 24.0. The molecule has 33 heavy (non-hydrogen) atoms. The molecule has 0 bridgehead atoms. The summed E-state index contributed by atoms with van der Waals surface area (Å²) in [6.45, 7) is 5.96. The minimum Gasteiger partial charge on any atom is -0.371 e. The molecule has 0 amide bonds. The lowest BCUT2D eigenvalue weighted by molar-refractivity contribution is -0.137. The molecule has 1 N–H and O–H groups in total. The molecule has 2 aromatic rings. The summed E-state index contributed by atoms with van der Waals surface area (Å²) in [5.74, 6) is 3.33. The third-order valence-corrected chi connectivity index (χ3v) is 8.48. The highest BCUT2D eigenvalue weighted by atomic mass is 32.2. The number of rotatable bonds is 5. The van der Waals surface area contributed by atoms with Crippen molar-refractivity contribution in [3.05, 3.63) is 65.2 Å². The van der Waals surface area contributed by atoms with Crippen molar-refractivity contribution >= 4 is 23.3 Å². The van der Waals surface area contributed by atoms with Crippen molar-refractivity contribution in [1.29, 1.82) is 5.41 Å². The lowest BCUT2D eigenvalue weighted by Gasteiger charge is -2.41. The smallest absolute Gasteiger partial charge is 0.371 e. The van der Waals surface area contributed by atoms with Crippen molar-refractivity contribution in [2.24, 2.45) is 11.8 Å². The van der Waals surface area contributed by atoms with Gasteiger partial charge in [-0.3, -0.25) is 5.41 Å². The molecule has 0 spiro atoms. The average molecular weight is 476 g/mol. The van der Waals surface area contributed by atoms with Crippen LogP contribution in [-0.2, 0) is 16.5 Å². The van der Waals surface area contributed by atoms with Crippen molar-refractivity contribution in [1.82, 2.24) is 4.90 Å². The molecule has 3 saturated heterocycles. The van der Waals surface area contributed by atoms with E-state index in [0.29, 0.717) is 24.3 Å². The quantitative estimate of drug-likeness (QED) is 0.484. The van der Waals surface area contributed by atoms with Crippen molar-refractivity contribution in [2.75, 3.05) is 49.2 Å². The Morgan fingerprint density at radius 3 is 2.09 bits per heavy atom. The second-order valence-electron chi connectivity index (χ2n) is 9.22. The van der Waals surface area contributed by atoms with Crippen molar-refractivity contribution in [3.63, 3.8) is 0 Å². The summed E-state index contributed by atoms with van der Waals surface area (Å²) in [6, 6.07) is 13.7. The predicted molar refractivity (Wildman–Crippen MR) is 126 cm³/mol. The second kappa shape index (κ2) is 8.55. The summed E-state index contributed by atoms with van der Waals surface area (Å²) in [5.41, 5.74) is 2.15. The number of nitrogens with zero attached hydrogens (tertiary/aromatic N) is 2. The van der Waals surface area contributed by atoms with E-state index in [2.05, 4.69) is 21.9 Å². The number of benzene rings is 2. The van der Waals surface area contributed by atoms with Gasteiger partial charge in [0.2, 0.25) is 0 Å². The summed E-state index contributed by atoms with van der Waals surface area (Å²) in [6.07, 6.45) is -4.31. The number of alkyl halides is 3. The SMILES string of the molecule is CCOC1(c2ccc(C(=N)N3CC4CN(c5ccc(C(F)(F)F)cc5)CC4C3)cc2)CSC1. The topological polar surface area (TPSA) is 39.6 Å². The Balaban J connectivity index is 1.20. The molecule has 0 aromatic heterocycles. The van der Waals surface area contributed by atoms with Gasteiger partial charge in [0.25, 0.3) is 0 Å². The molecule has 2 atom stereocenters. The van der Waals surface area contributed by atoms with Gasteiger partial charge in [-0.2, -0.15) is 24.9 Å². The minimum absolute atomic E-state index is 0.174. The standard InChI is InChI=1S/C25H28F3N3OS/c1-2-32-24(15-33-16-24)20-5-3-17(4-6-20)23(29)31-13-18-11-30(12-19(18)14-31)22-9-7-21(8-10-22)25(26,27)28/h3-10,18-19,29H,2,11-16H2,1H3. The Labute approximate surface area is 196 Å². The fraction of sp³-hybridized carbons (Fsp3) is 0.480. The van der Waals surface area contributed by atoms with Gasteiger partial charge >= 0.3 is 6.18 Å². The van der Waals surface area contributed by atoms with Crippen LogP contribution in [0.3, 0.4) is 0 Å². The maximum absolute atomic E-state index is 12.8. The van der Waals surface area contributed by atoms with Crippen LogP contribution in [0.15, 0.2) is 48.5 Å². The summed E-state index contributed by atoms with van der Waals surface area (Å²) < 4.78 is 44.5. The first-order valence-electron chi connectivity index (χ1n) is 11.4. The molecule has 3 fully saturated rings. The van der Waals surface area contributed by atoms with Gasteiger partial charge < -0.3 is 14.5 Å². The second-order valence-corrected chi connectivity index (χ2v) is 10.2. The third-order valence-electron chi connectivity index (χ3n) is 7.14. The van der Waals surface area contributed by atoms with E-state index in [4.69, 9.17) is 10.1 Å². The van der Waals surface area contributed by atoms with Crippen LogP contribution in [-0.4, -0.2) is 55.0 Å². The van der Waals surface area contributed by atoms with Gasteiger partial charge in [-0.05, 0) is 36.8 Å². The molecule has 0 radical (unpaired) electrons. The highest BCUT2D eigenvalue weighted by molar-refractivity contribution is 8.00. The zero-order valence-corrected chi connectivity index (χ0v) is 19.4. The number of halogens is 3. The van der Waals surface area contributed by atoms with Gasteiger partial charge in [0, 0.05) is 67.4 Å². The van der Waals surface area contributed by atoms with Crippen molar-refractivity contribution in [2.45, 2.75) is 18.7 Å². The van der Waals surface area contributed by atoms with Gasteiger partial charge in [0.05, 0.1) is 5.56 Å². The Hall–Kier alpha value is -2.19. The van der Waals surface area contributed by atoms with E-state index in [1.54, 1.807) is 12.1 Å². The van der Waals surface area contributed by atoms with Crippen LogP contribution in [0.25, 0.3) is 0 Å². The molecule has 5 rings (SSSR count). The number of fused-ring (bicyclic) bond motifs is 1. The van der Waals surface area contributed by atoms with Gasteiger partial charge in [-0.25, -0.2) is 0 Å². The molecule has 3 aliphatic rings. The molecule has 0 saturated carbocycles. The zero-order valence-electron chi connectivity index (χ0n) is 18.6. The van der Waals surface area contributed by atoms with Crippen LogP contribution in [0.4, 0.5) is 18.9 Å². The summed E-state index contributed by atoms with van der Waals surface area (Å²) in [7, 11) is 0. The molecule has 8 heteroatoms. The van der Waals surface area contributed by atoms with Crippen molar-refractivity contribution in [3.8, 4) is 0 Å². The molecule has 3 aliphatic heterocycles. The first kappa shape index (κ1) is 22.6. The number of nitrogens with one attached hydrogen (secondary N) is 1. The number of anilines is 1. The number of ether oxygens (including phenoxy) is 1. The van der Waals surface area contributed by atoms with E-state index in [9.17, 15) is 13.2 Å². The van der Waals surface area contributed by atoms with E-state index < -0.39 is 11.7 Å². The van der Waals surface area contributed by atoms with E-state index in [1.165, 1.54) is 5.56 Å². The Morgan fingerprint density at radius 1 is 1.00 bits per heavy atom. The van der Waals surface area contributed by atoms with Crippen molar-refractivity contribution < 1.29 is 17.9 Å². The number of hydrogen-bond donors (Lipinski definition) is 1. The maximum Gasteiger partial charge on any atom is 0.416 e. The number of hydrogen-bond acceptors (Lipinski definition) is 4. The van der Waals surface area contributed by atoms with Crippen LogP contribution in [0.1, 0.15) is 23.6 Å². The largest absolute Gasteiger partial charge is 0.416 e. The van der Waals surface area contributed by atoms with E-state index in [-0.39, 0.29) is 5.60 Å². The fourth-order valence-electron chi connectivity index (χ4n) is 5.26. The van der Waals surface area contributed by atoms with Gasteiger partial charge in [-0.1, -0.05) is 24.3 Å². The molecular formula is C25H28F3N3OS. The first-order chi connectivity index (χ1) is 15.8. The van der Waals surface area contributed by atoms with Crippen LogP contribution in [0, 0.1) is 17.2 Å². The molecule has 2 unspecified atom stereocenters. The predicted octanol–water partition coefficient (Wildman–Crippen LogP) is 5.08. The van der Waals surface area contributed by atoms with E-state index in [0.717, 1.165) is 61.1 Å². The monoisotopic (exact) mass is 475 g/mol. The zero-order chi connectivity index (χ0) is 23.2. The molecule has 176 valence electrons. The van der Waals surface area contributed by atoms with Gasteiger partial charge in [-0.15, -0.1) is 0 Å². The number of amidine groups is 1. The lowest BCUT2D eigenvalue weighted by Crippen LogP contribution is -2.43. The fourth-order valence-corrected chi connectivity index (χ4v) is 6.33. The molecular weight excluding hydrogens is 447 g/mol. The van der Waals surface area contributed by atoms with Crippen LogP contribution in [0.5, 0.6) is 0 Å². The summed E-state index contributed by atoms with van der Waals surface area (Å²) >= 11 is 1.89. The summed E-state index contributed by atoms with van der Waals surface area (Å²) in [5, 5.41) is 8.74. The molecule has 3 heterocycles. The maximum atomic E-state index is 12.8. The van der Waals surface area contributed by atoms with E-state index in [1.807, 2.05) is 30.8 Å². The average Bonchev–Trinajstić information content (AvgIpc) is 3.35. The third kappa shape index (κ3) is 4.23. The Morgan fingerprint density at radius 2 is 1.61 bits per heavy atom.